The lowest BCUT2D eigenvalue weighted by Gasteiger charge is -2.33. The van der Waals surface area contributed by atoms with Gasteiger partial charge in [-0.2, -0.15) is 0 Å². The molecule has 1 aliphatic carbocycles. The highest BCUT2D eigenvalue weighted by Gasteiger charge is 2.26. The fraction of sp³-hybridized carbons (Fsp3) is 0.522. The van der Waals surface area contributed by atoms with E-state index in [-0.39, 0.29) is 5.41 Å². The van der Waals surface area contributed by atoms with Crippen LogP contribution in [0.25, 0.3) is 0 Å². The van der Waals surface area contributed by atoms with Crippen LogP contribution in [0, 0.1) is 5.41 Å². The van der Waals surface area contributed by atoms with Crippen molar-refractivity contribution >= 4 is 5.97 Å². The smallest absolute Gasteiger partial charge is 0.328 e. The Kier molecular flexibility index (Phi) is 8.68. The van der Waals surface area contributed by atoms with Gasteiger partial charge in [0.2, 0.25) is 0 Å². The highest BCUT2D eigenvalue weighted by Crippen LogP contribution is 2.40. The van der Waals surface area contributed by atoms with Crippen molar-refractivity contribution in [3.8, 4) is 0 Å². The lowest BCUT2D eigenvalue weighted by molar-refractivity contribution is -0.131. The molecule has 0 aromatic carbocycles. The molecular weight excluding hydrogens is 308 g/mol. The van der Waals surface area contributed by atoms with Crippen LogP contribution in [0.2, 0.25) is 0 Å². The summed E-state index contributed by atoms with van der Waals surface area (Å²) < 4.78 is 0. The third kappa shape index (κ3) is 7.72. The highest BCUT2D eigenvalue weighted by atomic mass is 16.4. The van der Waals surface area contributed by atoms with Crippen molar-refractivity contribution in [1.29, 1.82) is 0 Å². The first-order chi connectivity index (χ1) is 11.8. The molecule has 0 bridgehead atoms. The molecule has 138 valence electrons. The van der Waals surface area contributed by atoms with E-state index in [4.69, 9.17) is 5.11 Å². The van der Waals surface area contributed by atoms with Crippen LogP contribution < -0.4 is 0 Å². The van der Waals surface area contributed by atoms with Crippen LogP contribution >= 0.6 is 0 Å². The summed E-state index contributed by atoms with van der Waals surface area (Å²) in [6.07, 6.45) is 18.8. The van der Waals surface area contributed by atoms with Gasteiger partial charge in [0.25, 0.3) is 0 Å². The molecule has 0 atom stereocenters. The Morgan fingerprint density at radius 2 is 2.00 bits per heavy atom. The van der Waals surface area contributed by atoms with E-state index in [2.05, 4.69) is 45.9 Å². The summed E-state index contributed by atoms with van der Waals surface area (Å²) in [6, 6.07) is 0. The predicted octanol–water partition coefficient (Wildman–Crippen LogP) is 6.77. The molecule has 0 radical (unpaired) electrons. The van der Waals surface area contributed by atoms with Gasteiger partial charge in [-0.25, -0.2) is 4.79 Å². The van der Waals surface area contributed by atoms with Crippen molar-refractivity contribution in [3.63, 3.8) is 0 Å². The number of carboxylic acid groups (broad SMARTS) is 1. The van der Waals surface area contributed by atoms with Gasteiger partial charge in [0, 0.05) is 6.08 Å². The molecule has 0 spiro atoms. The third-order valence-corrected chi connectivity index (χ3v) is 4.85. The SMILES string of the molecule is CCCCC(C=CC1=C(C)CCCC1(C)C)=C/C=C/C(C)=C/C(=O)O. The molecule has 0 saturated carbocycles. The molecule has 0 aliphatic heterocycles. The summed E-state index contributed by atoms with van der Waals surface area (Å²) in [5, 5.41) is 8.77. The molecule has 1 rings (SSSR count). The Morgan fingerprint density at radius 1 is 1.28 bits per heavy atom. The number of hydrogen-bond donors (Lipinski definition) is 1. The lowest BCUT2D eigenvalue weighted by atomic mass is 9.72. The van der Waals surface area contributed by atoms with E-state index in [0.717, 1.165) is 18.4 Å². The van der Waals surface area contributed by atoms with Crippen LogP contribution in [0.4, 0.5) is 0 Å². The number of rotatable bonds is 8. The summed E-state index contributed by atoms with van der Waals surface area (Å²) in [5.41, 5.74) is 5.29. The molecule has 1 N–H and O–H groups in total. The zero-order chi connectivity index (χ0) is 18.9. The molecule has 25 heavy (non-hydrogen) atoms. The molecule has 0 aromatic rings. The quantitative estimate of drug-likeness (QED) is 0.390. The first kappa shape index (κ1) is 21.2. The monoisotopic (exact) mass is 342 g/mol. The molecule has 0 heterocycles. The van der Waals surface area contributed by atoms with Crippen LogP contribution in [-0.2, 0) is 4.79 Å². The summed E-state index contributed by atoms with van der Waals surface area (Å²) in [4.78, 5) is 10.7. The lowest BCUT2D eigenvalue weighted by Crippen LogP contribution is -2.19. The van der Waals surface area contributed by atoms with Crippen LogP contribution in [0.3, 0.4) is 0 Å². The Labute approximate surface area is 153 Å². The second kappa shape index (κ2) is 10.2. The van der Waals surface area contributed by atoms with Crippen molar-refractivity contribution < 1.29 is 9.90 Å². The second-order valence-electron chi connectivity index (χ2n) is 7.70. The summed E-state index contributed by atoms with van der Waals surface area (Å²) >= 11 is 0. The maximum absolute atomic E-state index is 10.7. The van der Waals surface area contributed by atoms with E-state index in [9.17, 15) is 4.79 Å². The van der Waals surface area contributed by atoms with E-state index in [0.29, 0.717) is 0 Å². The van der Waals surface area contributed by atoms with Gasteiger partial charge >= 0.3 is 5.97 Å². The number of allylic oxidation sites excluding steroid dienone is 9. The topological polar surface area (TPSA) is 37.3 Å². The van der Waals surface area contributed by atoms with Gasteiger partial charge in [0.1, 0.15) is 0 Å². The number of aliphatic carboxylic acids is 1. The van der Waals surface area contributed by atoms with Crippen molar-refractivity contribution in [2.75, 3.05) is 0 Å². The maximum atomic E-state index is 10.7. The van der Waals surface area contributed by atoms with Crippen LogP contribution in [0.15, 0.2) is 58.7 Å². The van der Waals surface area contributed by atoms with E-state index in [1.165, 1.54) is 48.5 Å². The molecule has 0 amide bonds. The number of unbranched alkanes of at least 4 members (excludes halogenated alkanes) is 1. The van der Waals surface area contributed by atoms with Gasteiger partial charge in [-0.1, -0.05) is 63.1 Å². The average Bonchev–Trinajstić information content (AvgIpc) is 2.50. The van der Waals surface area contributed by atoms with E-state index >= 15 is 0 Å². The third-order valence-electron chi connectivity index (χ3n) is 4.85. The molecule has 2 heteroatoms. The van der Waals surface area contributed by atoms with E-state index in [1.807, 2.05) is 12.2 Å². The fourth-order valence-electron chi connectivity index (χ4n) is 3.37. The average molecular weight is 343 g/mol. The minimum atomic E-state index is -0.904. The van der Waals surface area contributed by atoms with Gasteiger partial charge < -0.3 is 5.11 Å². The van der Waals surface area contributed by atoms with E-state index < -0.39 is 5.97 Å². The molecular formula is C23H34O2. The van der Waals surface area contributed by atoms with Crippen molar-refractivity contribution in [1.82, 2.24) is 0 Å². The zero-order valence-electron chi connectivity index (χ0n) is 16.6. The Morgan fingerprint density at radius 3 is 2.60 bits per heavy atom. The molecule has 0 aromatic heterocycles. The van der Waals surface area contributed by atoms with Crippen LogP contribution in [0.5, 0.6) is 0 Å². The zero-order valence-corrected chi connectivity index (χ0v) is 16.6. The van der Waals surface area contributed by atoms with Gasteiger partial charge in [0.05, 0.1) is 0 Å². The first-order valence-electron chi connectivity index (χ1n) is 9.43. The van der Waals surface area contributed by atoms with Crippen LogP contribution in [-0.4, -0.2) is 11.1 Å². The number of carboxylic acids is 1. The van der Waals surface area contributed by atoms with E-state index in [1.54, 1.807) is 6.92 Å². The highest BCUT2D eigenvalue weighted by molar-refractivity contribution is 5.81. The molecule has 2 nitrogen and oxygen atoms in total. The Balaban J connectivity index is 2.97. The standard InChI is InChI=1S/C23H34O2/c1-6-7-12-20(13-8-10-18(2)17-22(24)25)14-15-21-19(3)11-9-16-23(21,4)5/h8,10,13-15,17H,6-7,9,11-12,16H2,1-5H3,(H,24,25)/b10-8+,15-14?,18-17+,20-13?. The van der Waals surface area contributed by atoms with Gasteiger partial charge in [-0.3, -0.25) is 0 Å². The summed E-state index contributed by atoms with van der Waals surface area (Å²) in [6.45, 7) is 10.9. The van der Waals surface area contributed by atoms with Crippen molar-refractivity contribution in [3.05, 3.63) is 58.7 Å². The largest absolute Gasteiger partial charge is 0.478 e. The van der Waals surface area contributed by atoms with Gasteiger partial charge in [0.15, 0.2) is 0 Å². The number of hydrogen-bond acceptors (Lipinski definition) is 1. The minimum absolute atomic E-state index is 0.255. The fourth-order valence-corrected chi connectivity index (χ4v) is 3.37. The summed E-state index contributed by atoms with van der Waals surface area (Å²) in [5.74, 6) is -0.904. The maximum Gasteiger partial charge on any atom is 0.328 e. The summed E-state index contributed by atoms with van der Waals surface area (Å²) in [7, 11) is 0. The number of carbonyl (C=O) groups is 1. The second-order valence-corrected chi connectivity index (χ2v) is 7.70. The van der Waals surface area contributed by atoms with Gasteiger partial charge in [-0.05, 0) is 68.1 Å². The minimum Gasteiger partial charge on any atom is -0.478 e. The Hall–Kier alpha value is -1.83. The first-order valence-corrected chi connectivity index (χ1v) is 9.43. The van der Waals surface area contributed by atoms with Crippen molar-refractivity contribution in [2.24, 2.45) is 5.41 Å². The molecule has 0 saturated heterocycles. The van der Waals surface area contributed by atoms with Crippen molar-refractivity contribution in [2.45, 2.75) is 73.1 Å². The molecule has 1 aliphatic rings. The van der Waals surface area contributed by atoms with Crippen LogP contribution in [0.1, 0.15) is 73.1 Å². The Bertz CT molecular complexity index is 610. The molecule has 0 fully saturated rings. The normalized spacial score (nSPS) is 19.2. The van der Waals surface area contributed by atoms with Gasteiger partial charge in [-0.15, -0.1) is 0 Å². The molecule has 0 unspecified atom stereocenters. The predicted molar refractivity (Wildman–Crippen MR) is 108 cm³/mol.